The average molecular weight is 310 g/mol. The Morgan fingerprint density at radius 2 is 1.91 bits per heavy atom. The van der Waals surface area contributed by atoms with E-state index in [1.165, 1.54) is 12.1 Å². The molecule has 0 saturated heterocycles. The number of nitrogens with one attached hydrogen (secondary N) is 1. The van der Waals surface area contributed by atoms with E-state index in [2.05, 4.69) is 10.5 Å². The first-order valence-corrected chi connectivity index (χ1v) is 6.67. The predicted octanol–water partition coefficient (Wildman–Crippen LogP) is 2.68. The van der Waals surface area contributed by atoms with E-state index < -0.39 is 11.0 Å². The molecule has 0 spiro atoms. The van der Waals surface area contributed by atoms with Gasteiger partial charge in [0.25, 0.3) is 5.69 Å². The van der Waals surface area contributed by atoms with Crippen LogP contribution in [0, 0.1) is 10.1 Å². The van der Waals surface area contributed by atoms with Crippen molar-refractivity contribution in [2.45, 2.75) is 0 Å². The zero-order chi connectivity index (χ0) is 16.7. The number of hydrogen-bond acceptors (Lipinski definition) is 4. The lowest BCUT2D eigenvalue weighted by Gasteiger charge is -2.02. The molecule has 0 fully saturated rings. The minimum absolute atomic E-state index is 0.000566. The molecule has 23 heavy (non-hydrogen) atoms. The van der Waals surface area contributed by atoms with Gasteiger partial charge in [-0.2, -0.15) is 5.10 Å². The van der Waals surface area contributed by atoms with Crippen LogP contribution in [0.2, 0.25) is 0 Å². The SMILES string of the molecule is NC(=O)N/N=C(/C=C/c1cccc([N+](=O)[O-])c1)c1ccccc1. The summed E-state index contributed by atoms with van der Waals surface area (Å²) in [6.45, 7) is 0. The van der Waals surface area contributed by atoms with Crippen molar-refractivity contribution in [1.29, 1.82) is 0 Å². The summed E-state index contributed by atoms with van der Waals surface area (Å²) in [5.41, 5.74) is 9.08. The van der Waals surface area contributed by atoms with Gasteiger partial charge in [0.2, 0.25) is 0 Å². The number of primary amides is 1. The number of amides is 2. The van der Waals surface area contributed by atoms with Gasteiger partial charge in [0, 0.05) is 17.7 Å². The maximum atomic E-state index is 10.8. The molecule has 0 unspecified atom stereocenters. The molecule has 0 saturated carbocycles. The van der Waals surface area contributed by atoms with Crippen LogP contribution in [0.4, 0.5) is 10.5 Å². The fourth-order valence-corrected chi connectivity index (χ4v) is 1.84. The van der Waals surface area contributed by atoms with Gasteiger partial charge in [-0.1, -0.05) is 48.5 Å². The Morgan fingerprint density at radius 3 is 2.57 bits per heavy atom. The smallest absolute Gasteiger partial charge is 0.332 e. The first-order chi connectivity index (χ1) is 11.1. The number of hydrogen-bond donors (Lipinski definition) is 2. The minimum Gasteiger partial charge on any atom is -0.350 e. The van der Waals surface area contributed by atoms with Crippen LogP contribution in [-0.4, -0.2) is 16.7 Å². The monoisotopic (exact) mass is 310 g/mol. The van der Waals surface area contributed by atoms with E-state index >= 15 is 0 Å². The van der Waals surface area contributed by atoms with Gasteiger partial charge in [-0.3, -0.25) is 10.1 Å². The van der Waals surface area contributed by atoms with E-state index in [0.29, 0.717) is 11.3 Å². The number of carbonyl (C=O) groups excluding carboxylic acids is 1. The maximum Gasteiger partial charge on any atom is 0.332 e. The minimum atomic E-state index is -0.776. The summed E-state index contributed by atoms with van der Waals surface area (Å²) in [7, 11) is 0. The Morgan fingerprint density at radius 1 is 1.17 bits per heavy atom. The summed E-state index contributed by atoms with van der Waals surface area (Å²) in [6, 6.07) is 14.6. The Labute approximate surface area is 132 Å². The maximum absolute atomic E-state index is 10.8. The van der Waals surface area contributed by atoms with Crippen molar-refractivity contribution >= 4 is 23.5 Å². The van der Waals surface area contributed by atoms with Gasteiger partial charge in [0.05, 0.1) is 10.6 Å². The Balaban J connectivity index is 2.30. The van der Waals surface area contributed by atoms with Gasteiger partial charge in [-0.25, -0.2) is 10.2 Å². The summed E-state index contributed by atoms with van der Waals surface area (Å²) in [6.07, 6.45) is 3.31. The number of non-ortho nitro benzene ring substituents is 1. The second-order valence-corrected chi connectivity index (χ2v) is 4.52. The number of nitro groups is 1. The highest BCUT2D eigenvalue weighted by atomic mass is 16.6. The van der Waals surface area contributed by atoms with Crippen LogP contribution in [0.5, 0.6) is 0 Å². The molecule has 2 amide bonds. The quantitative estimate of drug-likeness (QED) is 0.503. The fraction of sp³-hybridized carbons (Fsp3) is 0. The van der Waals surface area contributed by atoms with Crippen LogP contribution in [-0.2, 0) is 0 Å². The number of urea groups is 1. The second-order valence-electron chi connectivity index (χ2n) is 4.52. The van der Waals surface area contributed by atoms with Crippen molar-refractivity contribution in [2.75, 3.05) is 0 Å². The molecule has 0 radical (unpaired) electrons. The molecule has 2 aromatic carbocycles. The second kappa shape index (κ2) is 7.51. The number of nitrogens with two attached hydrogens (primary N) is 1. The summed E-state index contributed by atoms with van der Waals surface area (Å²) < 4.78 is 0. The average Bonchev–Trinajstić information content (AvgIpc) is 2.55. The van der Waals surface area contributed by atoms with Crippen molar-refractivity contribution < 1.29 is 9.72 Å². The first kappa shape index (κ1) is 15.9. The first-order valence-electron chi connectivity index (χ1n) is 6.67. The number of benzene rings is 2. The van der Waals surface area contributed by atoms with Gasteiger partial charge in [-0.05, 0) is 11.6 Å². The highest BCUT2D eigenvalue weighted by Crippen LogP contribution is 2.14. The van der Waals surface area contributed by atoms with Crippen molar-refractivity contribution in [3.05, 3.63) is 81.9 Å². The lowest BCUT2D eigenvalue weighted by molar-refractivity contribution is -0.384. The fourth-order valence-electron chi connectivity index (χ4n) is 1.84. The standard InChI is InChI=1S/C16H14N4O3/c17-16(21)19-18-15(13-6-2-1-3-7-13)10-9-12-5-4-8-14(11-12)20(22)23/h1-11H,(H3,17,19,21)/b10-9+,18-15-. The lowest BCUT2D eigenvalue weighted by Crippen LogP contribution is -2.25. The number of hydrazone groups is 1. The molecule has 2 aromatic rings. The molecule has 0 aliphatic heterocycles. The van der Waals surface area contributed by atoms with E-state index in [-0.39, 0.29) is 5.69 Å². The third-order valence-corrected chi connectivity index (χ3v) is 2.87. The largest absolute Gasteiger partial charge is 0.350 e. The molecule has 0 aromatic heterocycles. The van der Waals surface area contributed by atoms with Crippen LogP contribution >= 0.6 is 0 Å². The third-order valence-electron chi connectivity index (χ3n) is 2.87. The number of carbonyl (C=O) groups is 1. The van der Waals surface area contributed by atoms with Crippen LogP contribution in [0.15, 0.2) is 65.8 Å². The van der Waals surface area contributed by atoms with Crippen molar-refractivity contribution in [2.24, 2.45) is 10.8 Å². The normalized spacial score (nSPS) is 11.4. The van der Waals surface area contributed by atoms with Gasteiger partial charge in [-0.15, -0.1) is 0 Å². The van der Waals surface area contributed by atoms with E-state index in [4.69, 9.17) is 5.73 Å². The number of allylic oxidation sites excluding steroid dienone is 1. The van der Waals surface area contributed by atoms with Crippen LogP contribution in [0.3, 0.4) is 0 Å². The zero-order valence-corrected chi connectivity index (χ0v) is 12.0. The van der Waals surface area contributed by atoms with Gasteiger partial charge < -0.3 is 5.73 Å². The van der Waals surface area contributed by atoms with Crippen LogP contribution in [0.1, 0.15) is 11.1 Å². The summed E-state index contributed by atoms with van der Waals surface area (Å²) in [4.78, 5) is 21.2. The molecule has 0 aliphatic rings. The zero-order valence-electron chi connectivity index (χ0n) is 12.0. The highest BCUT2D eigenvalue weighted by molar-refractivity contribution is 6.11. The molecule has 0 bridgehead atoms. The van der Waals surface area contributed by atoms with Crippen molar-refractivity contribution in [1.82, 2.24) is 5.43 Å². The van der Waals surface area contributed by atoms with E-state index in [0.717, 1.165) is 5.56 Å². The summed E-state index contributed by atoms with van der Waals surface area (Å²) in [5, 5.41) is 14.7. The Bertz CT molecular complexity index is 770. The lowest BCUT2D eigenvalue weighted by atomic mass is 10.1. The molecule has 0 atom stereocenters. The Kier molecular flexibility index (Phi) is 5.19. The van der Waals surface area contributed by atoms with E-state index in [1.54, 1.807) is 24.3 Å². The predicted molar refractivity (Wildman–Crippen MR) is 87.8 cm³/mol. The molecule has 7 nitrogen and oxygen atoms in total. The molecule has 0 heterocycles. The molecular formula is C16H14N4O3. The molecular weight excluding hydrogens is 296 g/mol. The Hall–Kier alpha value is -3.48. The summed E-state index contributed by atoms with van der Waals surface area (Å²) in [5.74, 6) is 0. The topological polar surface area (TPSA) is 111 Å². The molecule has 0 aliphatic carbocycles. The van der Waals surface area contributed by atoms with Crippen molar-refractivity contribution in [3.8, 4) is 0 Å². The molecule has 7 heteroatoms. The molecule has 2 rings (SSSR count). The molecule has 3 N–H and O–H groups in total. The number of rotatable bonds is 5. The van der Waals surface area contributed by atoms with Gasteiger partial charge in [0.1, 0.15) is 0 Å². The van der Waals surface area contributed by atoms with E-state index in [1.807, 2.05) is 30.3 Å². The summed E-state index contributed by atoms with van der Waals surface area (Å²) >= 11 is 0. The highest BCUT2D eigenvalue weighted by Gasteiger charge is 2.04. The van der Waals surface area contributed by atoms with Crippen LogP contribution in [0.25, 0.3) is 6.08 Å². The van der Waals surface area contributed by atoms with Crippen molar-refractivity contribution in [3.63, 3.8) is 0 Å². The number of nitro benzene ring substituents is 1. The number of nitrogens with zero attached hydrogens (tertiary/aromatic N) is 2. The van der Waals surface area contributed by atoms with Crippen LogP contribution < -0.4 is 11.2 Å². The molecule has 116 valence electrons. The van der Waals surface area contributed by atoms with Gasteiger partial charge >= 0.3 is 6.03 Å². The van der Waals surface area contributed by atoms with Gasteiger partial charge in [0.15, 0.2) is 0 Å². The van der Waals surface area contributed by atoms with E-state index in [9.17, 15) is 14.9 Å². The third kappa shape index (κ3) is 4.78.